The summed E-state index contributed by atoms with van der Waals surface area (Å²) in [4.78, 5) is 16.8. The third-order valence-electron chi connectivity index (χ3n) is 3.75. The number of hydrogen-bond acceptors (Lipinski definition) is 3. The third kappa shape index (κ3) is 3.03. The van der Waals surface area contributed by atoms with Gasteiger partial charge in [-0.2, -0.15) is 0 Å². The van der Waals surface area contributed by atoms with Gasteiger partial charge in [0.15, 0.2) is 0 Å². The van der Waals surface area contributed by atoms with Crippen LogP contribution in [0.25, 0.3) is 11.1 Å². The average molecular weight is 327 g/mol. The Morgan fingerprint density at radius 2 is 1.79 bits per heavy atom. The predicted octanol–water partition coefficient (Wildman–Crippen LogP) is 3.78. The van der Waals surface area contributed by atoms with Gasteiger partial charge in [-0.3, -0.25) is 9.36 Å². The highest BCUT2D eigenvalue weighted by molar-refractivity contribution is 5.63. The maximum Gasteiger partial charge on any atom is 0.262 e. The molecular weight excluding hydrogens is 312 g/mol. The largest absolute Gasteiger partial charge is 0.326 e. The van der Waals surface area contributed by atoms with Crippen LogP contribution < -0.4 is 10.9 Å². The molecule has 0 amide bonds. The van der Waals surface area contributed by atoms with E-state index in [1.165, 1.54) is 29.0 Å². The van der Waals surface area contributed by atoms with Crippen LogP contribution in [0, 0.1) is 18.6 Å². The second-order valence-electron chi connectivity index (χ2n) is 5.46. The van der Waals surface area contributed by atoms with Gasteiger partial charge in [0.2, 0.25) is 5.95 Å². The second kappa shape index (κ2) is 6.23. The lowest BCUT2D eigenvalue weighted by molar-refractivity contribution is 0.619. The minimum Gasteiger partial charge on any atom is -0.326 e. The van der Waals surface area contributed by atoms with E-state index >= 15 is 0 Å². The number of aryl methyl sites for hydroxylation is 1. The summed E-state index contributed by atoms with van der Waals surface area (Å²) in [6.07, 6.45) is 1.40. The second-order valence-corrected chi connectivity index (χ2v) is 5.46. The molecule has 122 valence electrons. The van der Waals surface area contributed by atoms with E-state index in [2.05, 4.69) is 10.3 Å². The first-order valence-corrected chi connectivity index (χ1v) is 7.31. The summed E-state index contributed by atoms with van der Waals surface area (Å²) in [6.45, 7) is 1.66. The van der Waals surface area contributed by atoms with Crippen molar-refractivity contribution in [3.63, 3.8) is 0 Å². The van der Waals surface area contributed by atoms with Crippen molar-refractivity contribution in [2.75, 3.05) is 5.32 Å². The number of anilines is 2. The zero-order chi connectivity index (χ0) is 17.3. The van der Waals surface area contributed by atoms with Crippen molar-refractivity contribution in [1.82, 2.24) is 9.55 Å². The summed E-state index contributed by atoms with van der Waals surface area (Å²) in [7, 11) is 1.56. The Morgan fingerprint density at radius 3 is 2.46 bits per heavy atom. The Hall–Kier alpha value is -3.02. The van der Waals surface area contributed by atoms with Crippen LogP contribution in [0.5, 0.6) is 0 Å². The standard InChI is InChI=1S/C18H15F2N3O/c1-11-3-4-12(9-16(11)20)15-10-21-18(23(2)17(15)24)22-14-7-5-13(19)6-8-14/h3-10H,1-2H3,(H,21,22). The van der Waals surface area contributed by atoms with Crippen molar-refractivity contribution in [2.24, 2.45) is 7.05 Å². The third-order valence-corrected chi connectivity index (χ3v) is 3.75. The fourth-order valence-corrected chi connectivity index (χ4v) is 2.28. The normalized spacial score (nSPS) is 10.7. The Labute approximate surface area is 137 Å². The summed E-state index contributed by atoms with van der Waals surface area (Å²) in [5.41, 5.74) is 1.59. The van der Waals surface area contributed by atoms with E-state index in [4.69, 9.17) is 0 Å². The van der Waals surface area contributed by atoms with Crippen molar-refractivity contribution < 1.29 is 8.78 Å². The van der Waals surface area contributed by atoms with Crippen molar-refractivity contribution >= 4 is 11.6 Å². The summed E-state index contributed by atoms with van der Waals surface area (Å²) in [5, 5.41) is 2.95. The molecule has 6 heteroatoms. The Morgan fingerprint density at radius 1 is 1.08 bits per heavy atom. The van der Waals surface area contributed by atoms with Gasteiger partial charge in [0.05, 0.1) is 5.56 Å². The molecule has 0 radical (unpaired) electrons. The van der Waals surface area contributed by atoms with Crippen LogP contribution in [0.2, 0.25) is 0 Å². The van der Waals surface area contributed by atoms with Gasteiger partial charge < -0.3 is 5.32 Å². The Kier molecular flexibility index (Phi) is 4.12. The van der Waals surface area contributed by atoms with Crippen LogP contribution in [0.4, 0.5) is 20.4 Å². The van der Waals surface area contributed by atoms with E-state index in [1.54, 1.807) is 38.2 Å². The van der Waals surface area contributed by atoms with E-state index in [0.29, 0.717) is 28.3 Å². The quantitative estimate of drug-likeness (QED) is 0.796. The molecule has 1 heterocycles. The molecule has 4 nitrogen and oxygen atoms in total. The van der Waals surface area contributed by atoms with Crippen molar-refractivity contribution in [2.45, 2.75) is 6.92 Å². The molecule has 2 aromatic carbocycles. The molecule has 24 heavy (non-hydrogen) atoms. The minimum absolute atomic E-state index is 0.307. The summed E-state index contributed by atoms with van der Waals surface area (Å²) < 4.78 is 28.0. The first-order valence-electron chi connectivity index (χ1n) is 7.31. The maximum atomic E-state index is 13.7. The topological polar surface area (TPSA) is 46.9 Å². The number of halogens is 2. The smallest absolute Gasteiger partial charge is 0.262 e. The number of aromatic nitrogens is 2. The molecule has 0 bridgehead atoms. The van der Waals surface area contributed by atoms with E-state index in [-0.39, 0.29) is 17.2 Å². The minimum atomic E-state index is -0.372. The monoisotopic (exact) mass is 327 g/mol. The molecule has 3 rings (SSSR count). The van der Waals surface area contributed by atoms with Crippen LogP contribution in [-0.2, 0) is 7.05 Å². The van der Waals surface area contributed by atoms with Gasteiger partial charge in [-0.25, -0.2) is 13.8 Å². The predicted molar refractivity (Wildman–Crippen MR) is 89.3 cm³/mol. The van der Waals surface area contributed by atoms with Crippen molar-refractivity contribution in [3.8, 4) is 11.1 Å². The molecule has 0 atom stereocenters. The van der Waals surface area contributed by atoms with Crippen LogP contribution in [0.15, 0.2) is 53.5 Å². The van der Waals surface area contributed by atoms with Gasteiger partial charge in [-0.15, -0.1) is 0 Å². The molecule has 1 N–H and O–H groups in total. The number of hydrogen-bond donors (Lipinski definition) is 1. The van der Waals surface area contributed by atoms with Crippen molar-refractivity contribution in [1.29, 1.82) is 0 Å². The molecule has 0 aliphatic heterocycles. The fraction of sp³-hybridized carbons (Fsp3) is 0.111. The first-order chi connectivity index (χ1) is 11.5. The van der Waals surface area contributed by atoms with E-state index in [9.17, 15) is 13.6 Å². The van der Waals surface area contributed by atoms with Crippen LogP contribution >= 0.6 is 0 Å². The molecule has 0 saturated carbocycles. The zero-order valence-electron chi connectivity index (χ0n) is 13.2. The summed E-state index contributed by atoms with van der Waals surface area (Å²) >= 11 is 0. The number of benzene rings is 2. The first kappa shape index (κ1) is 15.9. The highest BCUT2D eigenvalue weighted by Gasteiger charge is 2.11. The highest BCUT2D eigenvalue weighted by Crippen LogP contribution is 2.20. The highest BCUT2D eigenvalue weighted by atomic mass is 19.1. The molecular formula is C18H15F2N3O. The molecule has 1 aromatic heterocycles. The molecule has 0 unspecified atom stereocenters. The fourth-order valence-electron chi connectivity index (χ4n) is 2.28. The van der Waals surface area contributed by atoms with Crippen LogP contribution in [-0.4, -0.2) is 9.55 Å². The van der Waals surface area contributed by atoms with Gasteiger partial charge in [0, 0.05) is 18.9 Å². The van der Waals surface area contributed by atoms with Crippen LogP contribution in [0.1, 0.15) is 5.56 Å². The van der Waals surface area contributed by atoms with Gasteiger partial charge in [-0.05, 0) is 48.4 Å². The molecule has 3 aromatic rings. The Bertz CT molecular complexity index is 949. The number of nitrogens with zero attached hydrogens (tertiary/aromatic N) is 2. The summed E-state index contributed by atoms with van der Waals surface area (Å²) in [6, 6.07) is 10.3. The van der Waals surface area contributed by atoms with Gasteiger partial charge in [0.1, 0.15) is 11.6 Å². The van der Waals surface area contributed by atoms with E-state index in [0.717, 1.165) is 0 Å². The van der Waals surface area contributed by atoms with Gasteiger partial charge in [0.25, 0.3) is 5.56 Å². The number of nitrogens with one attached hydrogen (secondary N) is 1. The SMILES string of the molecule is Cc1ccc(-c2cnc(Nc3ccc(F)cc3)n(C)c2=O)cc1F. The Balaban J connectivity index is 1.98. The molecule has 0 fully saturated rings. The number of rotatable bonds is 3. The summed E-state index contributed by atoms with van der Waals surface area (Å²) in [5.74, 6) is -0.412. The molecule has 0 spiro atoms. The molecule has 0 aliphatic carbocycles. The van der Waals surface area contributed by atoms with Crippen molar-refractivity contribution in [3.05, 3.63) is 76.2 Å². The lowest BCUT2D eigenvalue weighted by Gasteiger charge is -2.11. The van der Waals surface area contributed by atoms with E-state index in [1.807, 2.05) is 0 Å². The molecule has 0 saturated heterocycles. The zero-order valence-corrected chi connectivity index (χ0v) is 13.2. The lowest BCUT2D eigenvalue weighted by atomic mass is 10.1. The van der Waals surface area contributed by atoms with Gasteiger partial charge >= 0.3 is 0 Å². The lowest BCUT2D eigenvalue weighted by Crippen LogP contribution is -2.22. The molecule has 0 aliphatic rings. The van der Waals surface area contributed by atoms with Gasteiger partial charge in [-0.1, -0.05) is 12.1 Å². The van der Waals surface area contributed by atoms with E-state index < -0.39 is 0 Å². The maximum absolute atomic E-state index is 13.7. The average Bonchev–Trinajstić information content (AvgIpc) is 2.57. The van der Waals surface area contributed by atoms with Crippen LogP contribution in [0.3, 0.4) is 0 Å².